The van der Waals surface area contributed by atoms with Crippen LogP contribution in [-0.4, -0.2) is 12.1 Å². The lowest BCUT2D eigenvalue weighted by atomic mass is 9.84. The van der Waals surface area contributed by atoms with Gasteiger partial charge < -0.3 is 10.5 Å². The minimum atomic E-state index is -0.00306. The summed E-state index contributed by atoms with van der Waals surface area (Å²) in [7, 11) is 0. The lowest BCUT2D eigenvalue weighted by molar-refractivity contribution is 0.0677. The smallest absolute Gasteiger partial charge is 0.122 e. The van der Waals surface area contributed by atoms with Crippen LogP contribution < -0.4 is 10.5 Å². The summed E-state index contributed by atoms with van der Waals surface area (Å²) in [6.07, 6.45) is 0.00156. The van der Waals surface area contributed by atoms with E-state index in [0.717, 1.165) is 5.75 Å². The van der Waals surface area contributed by atoms with Crippen molar-refractivity contribution in [2.45, 2.75) is 73.0 Å². The minimum Gasteiger partial charge on any atom is -0.488 e. The van der Waals surface area contributed by atoms with Crippen molar-refractivity contribution in [3.8, 4) is 5.75 Å². The Morgan fingerprint density at radius 1 is 1.05 bits per heavy atom. The van der Waals surface area contributed by atoms with Gasteiger partial charge in [0.05, 0.1) is 0 Å². The maximum absolute atomic E-state index is 6.21. The second-order valence-corrected chi connectivity index (χ2v) is 7.99. The molecular formula is C18H31NO. The van der Waals surface area contributed by atoms with Gasteiger partial charge in [0, 0.05) is 11.5 Å². The highest BCUT2D eigenvalue weighted by atomic mass is 16.5. The molecule has 0 radical (unpaired) electrons. The molecular weight excluding hydrogens is 246 g/mol. The van der Waals surface area contributed by atoms with E-state index in [0.29, 0.717) is 0 Å². The summed E-state index contributed by atoms with van der Waals surface area (Å²) in [6, 6.07) is 6.45. The first-order chi connectivity index (χ1) is 8.93. The maximum atomic E-state index is 6.21. The molecule has 2 atom stereocenters. The van der Waals surface area contributed by atoms with Crippen molar-refractivity contribution in [2.24, 2.45) is 11.1 Å². The first-order valence-electron chi connectivity index (χ1n) is 7.46. The summed E-state index contributed by atoms with van der Waals surface area (Å²) in [6.45, 7) is 17.3. The third-order valence-corrected chi connectivity index (χ3v) is 3.63. The number of hydrogen-bond acceptors (Lipinski definition) is 2. The molecule has 1 rings (SSSR count). The Balaban J connectivity index is 3.04. The van der Waals surface area contributed by atoms with E-state index in [4.69, 9.17) is 10.5 Å². The molecule has 2 nitrogen and oxygen atoms in total. The van der Waals surface area contributed by atoms with Crippen molar-refractivity contribution in [1.82, 2.24) is 0 Å². The number of ether oxygens (including phenoxy) is 1. The van der Waals surface area contributed by atoms with Crippen molar-refractivity contribution < 1.29 is 4.74 Å². The molecule has 1 aromatic rings. The average molecular weight is 277 g/mol. The van der Waals surface area contributed by atoms with E-state index < -0.39 is 0 Å². The Kier molecular flexibility index (Phi) is 4.91. The highest BCUT2D eigenvalue weighted by Crippen LogP contribution is 2.31. The standard InChI is InChI=1S/C18H31NO/c1-12-11-14(17(3,4)5)9-10-15(12)20-16(13(2)19)18(6,7)8/h9-11,13,16H,19H2,1-8H3. The van der Waals surface area contributed by atoms with Crippen LogP contribution in [0.15, 0.2) is 18.2 Å². The molecule has 2 unspecified atom stereocenters. The van der Waals surface area contributed by atoms with Crippen LogP contribution >= 0.6 is 0 Å². The Hall–Kier alpha value is -1.02. The quantitative estimate of drug-likeness (QED) is 0.887. The molecule has 0 bridgehead atoms. The van der Waals surface area contributed by atoms with Crippen LogP contribution in [0.5, 0.6) is 5.75 Å². The van der Waals surface area contributed by atoms with Crippen LogP contribution in [0.4, 0.5) is 0 Å². The SMILES string of the molecule is Cc1cc(C(C)(C)C)ccc1OC(C(C)N)C(C)(C)C. The predicted octanol–water partition coefficient (Wildman–Crippen LogP) is 4.43. The monoisotopic (exact) mass is 277 g/mol. The van der Waals surface area contributed by atoms with E-state index in [-0.39, 0.29) is 23.0 Å². The van der Waals surface area contributed by atoms with Gasteiger partial charge in [0.15, 0.2) is 0 Å². The fraction of sp³-hybridized carbons (Fsp3) is 0.667. The molecule has 2 N–H and O–H groups in total. The molecule has 114 valence electrons. The van der Waals surface area contributed by atoms with E-state index >= 15 is 0 Å². The number of hydrogen-bond donors (Lipinski definition) is 1. The Bertz CT molecular complexity index is 449. The van der Waals surface area contributed by atoms with E-state index in [2.05, 4.69) is 66.7 Å². The summed E-state index contributed by atoms with van der Waals surface area (Å²) >= 11 is 0. The topological polar surface area (TPSA) is 35.2 Å². The summed E-state index contributed by atoms with van der Waals surface area (Å²) in [5.41, 5.74) is 8.78. The van der Waals surface area contributed by atoms with Crippen LogP contribution in [0, 0.1) is 12.3 Å². The second-order valence-electron chi connectivity index (χ2n) is 7.99. The molecule has 0 saturated carbocycles. The van der Waals surface area contributed by atoms with Gasteiger partial charge in [-0.3, -0.25) is 0 Å². The summed E-state index contributed by atoms with van der Waals surface area (Å²) in [4.78, 5) is 0. The van der Waals surface area contributed by atoms with Gasteiger partial charge >= 0.3 is 0 Å². The molecule has 0 fully saturated rings. The van der Waals surface area contributed by atoms with E-state index in [9.17, 15) is 0 Å². The third kappa shape index (κ3) is 4.24. The minimum absolute atomic E-state index is 0.00156. The molecule has 0 aliphatic heterocycles. The maximum Gasteiger partial charge on any atom is 0.122 e. The third-order valence-electron chi connectivity index (χ3n) is 3.63. The van der Waals surface area contributed by atoms with Crippen LogP contribution in [0.25, 0.3) is 0 Å². The second kappa shape index (κ2) is 5.77. The first kappa shape index (κ1) is 17.0. The highest BCUT2D eigenvalue weighted by molar-refractivity contribution is 5.39. The van der Waals surface area contributed by atoms with E-state index in [1.807, 2.05) is 6.92 Å². The lowest BCUT2D eigenvalue weighted by Crippen LogP contribution is -2.45. The number of rotatable bonds is 3. The van der Waals surface area contributed by atoms with Gasteiger partial charge in [0.2, 0.25) is 0 Å². The zero-order chi connectivity index (χ0) is 15.7. The normalized spacial score (nSPS) is 15.8. The molecule has 0 amide bonds. The van der Waals surface area contributed by atoms with Gasteiger partial charge in [0.1, 0.15) is 11.9 Å². The van der Waals surface area contributed by atoms with Crippen LogP contribution in [-0.2, 0) is 5.41 Å². The molecule has 0 aliphatic rings. The molecule has 0 saturated heterocycles. The zero-order valence-corrected chi connectivity index (χ0v) is 14.4. The average Bonchev–Trinajstić information content (AvgIpc) is 2.23. The predicted molar refractivity (Wildman–Crippen MR) is 87.4 cm³/mol. The molecule has 0 aliphatic carbocycles. The first-order valence-corrected chi connectivity index (χ1v) is 7.46. The van der Waals surface area contributed by atoms with Gasteiger partial charge in [-0.05, 0) is 36.5 Å². The molecule has 1 aromatic carbocycles. The van der Waals surface area contributed by atoms with Crippen molar-refractivity contribution >= 4 is 0 Å². The van der Waals surface area contributed by atoms with E-state index in [1.165, 1.54) is 11.1 Å². The number of aryl methyl sites for hydroxylation is 1. The molecule has 0 aromatic heterocycles. The van der Waals surface area contributed by atoms with Crippen LogP contribution in [0.3, 0.4) is 0 Å². The molecule has 20 heavy (non-hydrogen) atoms. The van der Waals surface area contributed by atoms with Crippen molar-refractivity contribution in [2.75, 3.05) is 0 Å². The largest absolute Gasteiger partial charge is 0.488 e. The van der Waals surface area contributed by atoms with Crippen molar-refractivity contribution in [3.63, 3.8) is 0 Å². The fourth-order valence-electron chi connectivity index (χ4n) is 2.46. The zero-order valence-electron chi connectivity index (χ0n) is 14.4. The van der Waals surface area contributed by atoms with Crippen molar-refractivity contribution in [1.29, 1.82) is 0 Å². The Morgan fingerprint density at radius 2 is 1.60 bits per heavy atom. The van der Waals surface area contributed by atoms with Gasteiger partial charge in [-0.1, -0.05) is 53.7 Å². The Morgan fingerprint density at radius 3 is 1.95 bits per heavy atom. The summed E-state index contributed by atoms with van der Waals surface area (Å²) < 4.78 is 6.21. The van der Waals surface area contributed by atoms with Gasteiger partial charge in [0.25, 0.3) is 0 Å². The molecule has 0 spiro atoms. The van der Waals surface area contributed by atoms with Crippen LogP contribution in [0.1, 0.15) is 59.6 Å². The Labute approximate surface area is 124 Å². The van der Waals surface area contributed by atoms with Crippen molar-refractivity contribution in [3.05, 3.63) is 29.3 Å². The molecule has 2 heteroatoms. The number of benzene rings is 1. The fourth-order valence-corrected chi connectivity index (χ4v) is 2.46. The van der Waals surface area contributed by atoms with Crippen LogP contribution in [0.2, 0.25) is 0 Å². The van der Waals surface area contributed by atoms with Gasteiger partial charge in [-0.25, -0.2) is 0 Å². The molecule has 0 heterocycles. The van der Waals surface area contributed by atoms with Gasteiger partial charge in [-0.2, -0.15) is 0 Å². The summed E-state index contributed by atoms with van der Waals surface area (Å²) in [5, 5.41) is 0. The van der Waals surface area contributed by atoms with Gasteiger partial charge in [-0.15, -0.1) is 0 Å². The summed E-state index contributed by atoms with van der Waals surface area (Å²) in [5.74, 6) is 0.940. The highest BCUT2D eigenvalue weighted by Gasteiger charge is 2.30. The number of nitrogens with two attached hydrogens (primary N) is 1. The van der Waals surface area contributed by atoms with E-state index in [1.54, 1.807) is 0 Å². The lowest BCUT2D eigenvalue weighted by Gasteiger charge is -2.34.